The van der Waals surface area contributed by atoms with Gasteiger partial charge in [-0.3, -0.25) is 53.7 Å². The van der Waals surface area contributed by atoms with Crippen LogP contribution in [0.5, 0.6) is 0 Å². The topological polar surface area (TPSA) is 199 Å². The number of halogens is 1. The number of fused-ring (bicyclic) bond motifs is 4. The number of hydrogen-bond donors (Lipinski definition) is 3. The van der Waals surface area contributed by atoms with Crippen molar-refractivity contribution in [3.63, 3.8) is 0 Å². The summed E-state index contributed by atoms with van der Waals surface area (Å²) in [6.07, 6.45) is 8.81. The maximum atomic E-state index is 15.9. The third-order valence-electron chi connectivity index (χ3n) is 15.3. The lowest BCUT2D eigenvalue weighted by molar-refractivity contribution is -0.136. The van der Waals surface area contributed by atoms with Gasteiger partial charge < -0.3 is 24.5 Å². The summed E-state index contributed by atoms with van der Waals surface area (Å²) >= 11 is 0. The van der Waals surface area contributed by atoms with Gasteiger partial charge in [0.1, 0.15) is 34.9 Å². The van der Waals surface area contributed by atoms with E-state index in [1.54, 1.807) is 48.7 Å². The van der Waals surface area contributed by atoms with Crippen molar-refractivity contribution in [3.05, 3.63) is 116 Å². The Morgan fingerprint density at radius 3 is 2.37 bits per heavy atom. The maximum absolute atomic E-state index is 15.9. The number of aliphatic hydroxyl groups is 1. The second-order valence-electron chi connectivity index (χ2n) is 20.5. The number of anilines is 4. The molecular formula is C52H56FN11O7. The van der Waals surface area contributed by atoms with Crippen LogP contribution in [0, 0.1) is 11.2 Å². The summed E-state index contributed by atoms with van der Waals surface area (Å²) in [4.78, 5) is 96.8. The highest BCUT2D eigenvalue weighted by Crippen LogP contribution is 2.41. The van der Waals surface area contributed by atoms with E-state index < -0.39 is 35.5 Å². The summed E-state index contributed by atoms with van der Waals surface area (Å²) in [5, 5.41) is 16.2. The third-order valence-corrected chi connectivity index (χ3v) is 15.3. The Morgan fingerprint density at radius 2 is 1.63 bits per heavy atom. The summed E-state index contributed by atoms with van der Waals surface area (Å²) in [5.41, 5.74) is 6.06. The Labute approximate surface area is 409 Å². The molecule has 0 bridgehead atoms. The SMILES string of the molecule is Cn1cc(-c2ccnc(N3CCn4c(cc5c4CC(C)(C)C5)C3=O)c2CO)cc(Nc2ccc(N3CCN(C4CCN(Cc5ccc6c(c5F)C(=O)N(C5CCC(=O)NC5=O)C6=O)CC4)CC3)cn2)c1=O. The molecule has 4 aromatic heterocycles. The average molecular weight is 966 g/mol. The van der Waals surface area contributed by atoms with Gasteiger partial charge in [0.05, 0.1) is 29.6 Å². The van der Waals surface area contributed by atoms with Crippen LogP contribution in [-0.2, 0) is 49.2 Å². The van der Waals surface area contributed by atoms with Crippen LogP contribution in [0.2, 0.25) is 0 Å². The van der Waals surface area contributed by atoms with Crippen LogP contribution in [-0.4, -0.2) is 126 Å². The average Bonchev–Trinajstić information content (AvgIpc) is 3.95. The van der Waals surface area contributed by atoms with E-state index in [1.165, 1.54) is 21.9 Å². The molecule has 6 aliphatic rings. The van der Waals surface area contributed by atoms with Crippen LogP contribution in [0.3, 0.4) is 0 Å². The van der Waals surface area contributed by atoms with E-state index in [0.717, 1.165) is 75.5 Å². The molecular weight excluding hydrogens is 910 g/mol. The number of aryl methyl sites for hydroxylation is 1. The highest BCUT2D eigenvalue weighted by Gasteiger charge is 2.47. The van der Waals surface area contributed by atoms with Gasteiger partial charge in [-0.05, 0) is 98.1 Å². The number of aliphatic hydroxyl groups excluding tert-OH is 1. The molecule has 18 nitrogen and oxygen atoms in total. The standard InChI is InChI=1S/C52H56FN11O7/c1-52(2)24-31-23-40-50(70)63(21-20-62(40)41(31)25-52)46-37(29-65)35(10-13-54-46)32-22-38(49(69)58(3)27-32)56-42-8-5-34(26-55-42)61-18-16-60(17-19-61)33-11-14-59(15-12-33)28-30-4-6-36-44(45(30)53)51(71)64(48(36)68)39-7-9-43(66)57-47(39)67/h4-6,8,10,13,22-23,26-27,33,39,65H,7,9,11-12,14-21,24-25,28-29H2,1-3H3,(H,55,56)(H,57,66,67). The van der Waals surface area contributed by atoms with Crippen LogP contribution in [0.25, 0.3) is 11.1 Å². The van der Waals surface area contributed by atoms with Gasteiger partial charge in [0.2, 0.25) is 11.8 Å². The van der Waals surface area contributed by atoms with E-state index in [0.29, 0.717) is 64.4 Å². The van der Waals surface area contributed by atoms with Gasteiger partial charge in [-0.15, -0.1) is 0 Å². The maximum Gasteiger partial charge on any atom is 0.276 e. The second kappa shape index (κ2) is 17.9. The molecule has 5 aromatic rings. The fourth-order valence-electron chi connectivity index (χ4n) is 11.7. The molecule has 9 heterocycles. The summed E-state index contributed by atoms with van der Waals surface area (Å²) in [6.45, 7) is 10.3. The fraction of sp³-hybridized carbons (Fsp3) is 0.423. The van der Waals surface area contributed by atoms with Gasteiger partial charge >= 0.3 is 0 Å². The summed E-state index contributed by atoms with van der Waals surface area (Å²) in [5.74, 6) is -2.76. The molecule has 1 aliphatic carbocycles. The first-order valence-electron chi connectivity index (χ1n) is 24.5. The highest BCUT2D eigenvalue weighted by atomic mass is 19.1. The lowest BCUT2D eigenvalue weighted by atomic mass is 9.90. The predicted octanol–water partition coefficient (Wildman–Crippen LogP) is 3.99. The molecule has 368 valence electrons. The minimum absolute atomic E-state index is 0.00549. The Bertz CT molecular complexity index is 3100. The van der Waals surface area contributed by atoms with E-state index >= 15 is 4.39 Å². The van der Waals surface area contributed by atoms with Gasteiger partial charge in [0.15, 0.2) is 0 Å². The van der Waals surface area contributed by atoms with E-state index in [9.17, 15) is 33.9 Å². The number of carbonyl (C=O) groups is 5. The first-order chi connectivity index (χ1) is 34.2. The largest absolute Gasteiger partial charge is 0.392 e. The number of hydrogen-bond acceptors (Lipinski definition) is 13. The van der Waals surface area contributed by atoms with Gasteiger partial charge in [-0.2, -0.15) is 0 Å². The van der Waals surface area contributed by atoms with Crippen molar-refractivity contribution in [2.75, 3.05) is 60.9 Å². The minimum Gasteiger partial charge on any atom is -0.392 e. The van der Waals surface area contributed by atoms with Crippen molar-refractivity contribution < 1.29 is 33.5 Å². The Hall–Kier alpha value is -7.09. The van der Waals surface area contributed by atoms with Crippen LogP contribution in [0.4, 0.5) is 27.4 Å². The molecule has 71 heavy (non-hydrogen) atoms. The molecule has 0 spiro atoms. The molecule has 19 heteroatoms. The molecule has 3 N–H and O–H groups in total. The molecule has 1 atom stereocenters. The number of piperazine rings is 1. The Morgan fingerprint density at radius 1 is 0.845 bits per heavy atom. The number of amides is 5. The Balaban J connectivity index is 0.695. The number of piperidine rings is 2. The van der Waals surface area contributed by atoms with Crippen LogP contribution in [0.1, 0.15) is 93.1 Å². The molecule has 0 saturated carbocycles. The zero-order chi connectivity index (χ0) is 49.5. The number of imide groups is 2. The van der Waals surface area contributed by atoms with E-state index in [2.05, 4.69) is 48.7 Å². The summed E-state index contributed by atoms with van der Waals surface area (Å²) in [6, 6.07) is 11.6. The monoisotopic (exact) mass is 965 g/mol. The van der Waals surface area contributed by atoms with E-state index in [-0.39, 0.29) is 54.0 Å². The highest BCUT2D eigenvalue weighted by molar-refractivity contribution is 6.23. The number of nitrogens with one attached hydrogen (secondary N) is 2. The quantitative estimate of drug-likeness (QED) is 0.170. The lowest BCUT2D eigenvalue weighted by Crippen LogP contribution is -2.54. The van der Waals surface area contributed by atoms with Crippen LogP contribution < -0.4 is 26.0 Å². The number of pyridine rings is 3. The molecule has 11 rings (SSSR count). The van der Waals surface area contributed by atoms with Crippen molar-refractivity contribution in [2.24, 2.45) is 12.5 Å². The van der Waals surface area contributed by atoms with Gasteiger partial charge in [0, 0.05) is 100 Å². The molecule has 5 amide bonds. The van der Waals surface area contributed by atoms with Crippen LogP contribution >= 0.6 is 0 Å². The normalized spacial score (nSPS) is 20.7. The van der Waals surface area contributed by atoms with E-state index in [1.807, 2.05) is 18.2 Å². The lowest BCUT2D eigenvalue weighted by Gasteiger charge is -2.43. The van der Waals surface area contributed by atoms with Gasteiger partial charge in [0.25, 0.3) is 23.3 Å². The first-order valence-corrected chi connectivity index (χ1v) is 24.5. The van der Waals surface area contributed by atoms with E-state index in [4.69, 9.17) is 4.98 Å². The number of rotatable bonds is 10. The first kappa shape index (κ1) is 46.3. The Kier molecular flexibility index (Phi) is 11.7. The van der Waals surface area contributed by atoms with Crippen molar-refractivity contribution >= 4 is 52.5 Å². The number of benzene rings is 1. The zero-order valence-corrected chi connectivity index (χ0v) is 40.0. The minimum atomic E-state index is -1.15. The molecule has 1 unspecified atom stereocenters. The molecule has 3 fully saturated rings. The number of nitrogens with zero attached hydrogens (tertiary/aromatic N) is 9. The number of carbonyl (C=O) groups excluding carboxylic acids is 5. The predicted molar refractivity (Wildman–Crippen MR) is 261 cm³/mol. The molecule has 5 aliphatic heterocycles. The van der Waals surface area contributed by atoms with Crippen molar-refractivity contribution in [1.82, 2.24) is 39.1 Å². The molecule has 3 saturated heterocycles. The summed E-state index contributed by atoms with van der Waals surface area (Å²) < 4.78 is 19.6. The number of aromatic nitrogens is 4. The van der Waals surface area contributed by atoms with Crippen molar-refractivity contribution in [2.45, 2.75) is 84.2 Å². The van der Waals surface area contributed by atoms with Gasteiger partial charge in [-0.25, -0.2) is 14.4 Å². The summed E-state index contributed by atoms with van der Waals surface area (Å²) in [7, 11) is 1.67. The molecule has 0 radical (unpaired) electrons. The van der Waals surface area contributed by atoms with Crippen molar-refractivity contribution in [3.8, 4) is 11.1 Å². The molecule has 1 aromatic carbocycles. The number of likely N-dealkylation sites (tertiary alicyclic amines) is 1. The zero-order valence-electron chi connectivity index (χ0n) is 40.0. The van der Waals surface area contributed by atoms with Gasteiger partial charge in [-0.1, -0.05) is 19.9 Å². The van der Waals surface area contributed by atoms with Crippen LogP contribution in [0.15, 0.2) is 65.8 Å². The smallest absolute Gasteiger partial charge is 0.276 e. The third kappa shape index (κ3) is 8.28. The second-order valence-corrected chi connectivity index (χ2v) is 20.5. The fourth-order valence-corrected chi connectivity index (χ4v) is 11.7. The van der Waals surface area contributed by atoms with Crippen molar-refractivity contribution in [1.29, 1.82) is 0 Å².